The van der Waals surface area contributed by atoms with E-state index in [9.17, 15) is 18.0 Å². The van der Waals surface area contributed by atoms with Crippen LogP contribution in [0.15, 0.2) is 21.9 Å². The van der Waals surface area contributed by atoms with Crippen LogP contribution in [0.3, 0.4) is 0 Å². The molecule has 1 aromatic carbocycles. The van der Waals surface area contributed by atoms with Gasteiger partial charge in [0, 0.05) is 6.61 Å². The number of aromatic amines is 1. The molecule has 2 aromatic rings. The second-order valence-electron chi connectivity index (χ2n) is 7.73. The Hall–Kier alpha value is -2.00. The maximum absolute atomic E-state index is 13.8. The summed E-state index contributed by atoms with van der Waals surface area (Å²) >= 11 is 1.22. The summed E-state index contributed by atoms with van der Waals surface area (Å²) < 4.78 is 48.5. The fourth-order valence-electron chi connectivity index (χ4n) is 3.85. The van der Waals surface area contributed by atoms with E-state index in [0.29, 0.717) is 35.9 Å². The van der Waals surface area contributed by atoms with Crippen molar-refractivity contribution >= 4 is 22.6 Å². The summed E-state index contributed by atoms with van der Waals surface area (Å²) in [5.74, 6) is -3.62. The molecule has 0 amide bonds. The van der Waals surface area contributed by atoms with Gasteiger partial charge in [-0.15, -0.1) is 0 Å². The molecular weight excluding hydrogens is 391 g/mol. The molecule has 4 rings (SSSR count). The SMILES string of the molecule is CC1=Nc2c(c(=O)[nH]n2[C@@H]2CCOC(C)(C)C2)[C@@H](c2cc(F)c(F)c(F)c2)S1. The molecule has 0 bridgehead atoms. The lowest BCUT2D eigenvalue weighted by Gasteiger charge is -2.36. The number of hydrogen-bond acceptors (Lipinski definition) is 4. The lowest BCUT2D eigenvalue weighted by Crippen LogP contribution is -2.35. The Kier molecular flexibility index (Phi) is 4.70. The van der Waals surface area contributed by atoms with E-state index in [1.165, 1.54) is 11.8 Å². The van der Waals surface area contributed by atoms with Crippen molar-refractivity contribution in [2.75, 3.05) is 6.61 Å². The Morgan fingerprint density at radius 2 is 1.96 bits per heavy atom. The van der Waals surface area contributed by atoms with Gasteiger partial charge < -0.3 is 4.74 Å². The molecule has 28 heavy (non-hydrogen) atoms. The number of rotatable bonds is 2. The molecule has 0 aliphatic carbocycles. The van der Waals surface area contributed by atoms with Gasteiger partial charge in [0.15, 0.2) is 23.3 Å². The first-order valence-corrected chi connectivity index (χ1v) is 9.89. The number of fused-ring (bicyclic) bond motifs is 1. The number of halogens is 3. The van der Waals surface area contributed by atoms with Crippen LogP contribution in [-0.4, -0.2) is 27.0 Å². The van der Waals surface area contributed by atoms with Crippen molar-refractivity contribution in [1.29, 1.82) is 0 Å². The monoisotopic (exact) mass is 411 g/mol. The van der Waals surface area contributed by atoms with E-state index in [2.05, 4.69) is 10.1 Å². The summed E-state index contributed by atoms with van der Waals surface area (Å²) in [7, 11) is 0. The number of aliphatic imine (C=N–C) groups is 1. The average molecular weight is 411 g/mol. The summed E-state index contributed by atoms with van der Waals surface area (Å²) in [6.07, 6.45) is 1.41. The summed E-state index contributed by atoms with van der Waals surface area (Å²) in [6, 6.07) is 1.86. The fraction of sp³-hybridized carbons (Fsp3) is 0.474. The number of ether oxygens (including phenoxy) is 1. The number of H-pyrrole nitrogens is 1. The van der Waals surface area contributed by atoms with Crippen molar-refractivity contribution in [2.45, 2.75) is 50.5 Å². The van der Waals surface area contributed by atoms with E-state index < -0.39 is 22.7 Å². The van der Waals surface area contributed by atoms with E-state index in [1.807, 2.05) is 13.8 Å². The summed E-state index contributed by atoms with van der Waals surface area (Å²) in [5.41, 5.74) is -0.183. The van der Waals surface area contributed by atoms with Crippen LogP contribution in [-0.2, 0) is 4.74 Å². The first kappa shape index (κ1) is 19.3. The molecular formula is C19H20F3N3O2S. The molecule has 1 N–H and O–H groups in total. The van der Waals surface area contributed by atoms with Crippen molar-refractivity contribution in [2.24, 2.45) is 4.99 Å². The van der Waals surface area contributed by atoms with Gasteiger partial charge >= 0.3 is 0 Å². The predicted molar refractivity (Wildman–Crippen MR) is 102 cm³/mol. The molecule has 0 radical (unpaired) electrons. The van der Waals surface area contributed by atoms with Crippen LogP contribution in [0.4, 0.5) is 19.0 Å². The molecule has 0 saturated carbocycles. The van der Waals surface area contributed by atoms with E-state index >= 15 is 0 Å². The molecule has 9 heteroatoms. The Balaban J connectivity index is 1.82. The maximum Gasteiger partial charge on any atom is 0.271 e. The van der Waals surface area contributed by atoms with Gasteiger partial charge in [-0.2, -0.15) is 0 Å². The molecule has 3 heterocycles. The molecule has 150 valence electrons. The highest BCUT2D eigenvalue weighted by Gasteiger charge is 2.36. The summed E-state index contributed by atoms with van der Waals surface area (Å²) in [5, 5.41) is 2.83. The lowest BCUT2D eigenvalue weighted by molar-refractivity contribution is -0.0705. The van der Waals surface area contributed by atoms with Crippen LogP contribution in [0.2, 0.25) is 0 Å². The van der Waals surface area contributed by atoms with E-state index in [0.717, 1.165) is 12.1 Å². The minimum absolute atomic E-state index is 0.0119. The highest BCUT2D eigenvalue weighted by Crippen LogP contribution is 2.45. The number of thioether (sulfide) groups is 1. The zero-order valence-electron chi connectivity index (χ0n) is 15.7. The molecule has 2 atom stereocenters. The van der Waals surface area contributed by atoms with Gasteiger partial charge in [0.25, 0.3) is 5.56 Å². The van der Waals surface area contributed by atoms with Crippen LogP contribution < -0.4 is 5.56 Å². The molecule has 2 aliphatic rings. The summed E-state index contributed by atoms with van der Waals surface area (Å²) in [4.78, 5) is 17.3. The first-order chi connectivity index (χ1) is 13.2. The minimum atomic E-state index is -1.52. The van der Waals surface area contributed by atoms with Crippen LogP contribution in [0.25, 0.3) is 0 Å². The van der Waals surface area contributed by atoms with Crippen molar-refractivity contribution in [3.63, 3.8) is 0 Å². The third kappa shape index (κ3) is 3.30. The van der Waals surface area contributed by atoms with Gasteiger partial charge in [-0.25, -0.2) is 18.2 Å². The molecule has 0 spiro atoms. The van der Waals surface area contributed by atoms with Crippen LogP contribution in [0.5, 0.6) is 0 Å². The van der Waals surface area contributed by atoms with Crippen LogP contribution in [0.1, 0.15) is 56.0 Å². The minimum Gasteiger partial charge on any atom is -0.375 e. The fourth-order valence-corrected chi connectivity index (χ4v) is 4.94. The van der Waals surface area contributed by atoms with Gasteiger partial charge in [0.1, 0.15) is 0 Å². The highest BCUT2D eigenvalue weighted by atomic mass is 32.2. The third-order valence-corrected chi connectivity index (χ3v) is 6.27. The lowest BCUT2D eigenvalue weighted by atomic mass is 9.94. The van der Waals surface area contributed by atoms with Crippen molar-refractivity contribution in [3.05, 3.63) is 51.1 Å². The number of aromatic nitrogens is 2. The van der Waals surface area contributed by atoms with E-state index in [4.69, 9.17) is 4.74 Å². The van der Waals surface area contributed by atoms with Gasteiger partial charge in [0.05, 0.1) is 27.5 Å². The Labute approximate surface area is 164 Å². The van der Waals surface area contributed by atoms with Crippen LogP contribution in [0, 0.1) is 17.5 Å². The second kappa shape index (κ2) is 6.81. The first-order valence-electron chi connectivity index (χ1n) is 9.01. The Bertz CT molecular complexity index is 1000. The Morgan fingerprint density at radius 1 is 1.29 bits per heavy atom. The van der Waals surface area contributed by atoms with Gasteiger partial charge in [-0.3, -0.25) is 14.6 Å². The number of nitrogens with zero attached hydrogens (tertiary/aromatic N) is 2. The zero-order valence-corrected chi connectivity index (χ0v) is 16.5. The largest absolute Gasteiger partial charge is 0.375 e. The standard InChI is InChI=1S/C19H20F3N3O2S/c1-9-23-17-14(16(28-9)10-6-12(20)15(22)13(21)7-10)18(26)24-25(17)11-4-5-27-19(2,3)8-11/h6-7,11,16H,4-5,8H2,1-3H3,(H,24,26)/t11-,16-/m1/s1. The van der Waals surface area contributed by atoms with Crippen LogP contribution >= 0.6 is 11.8 Å². The van der Waals surface area contributed by atoms with E-state index in [1.54, 1.807) is 11.6 Å². The molecule has 1 fully saturated rings. The van der Waals surface area contributed by atoms with Crippen molar-refractivity contribution < 1.29 is 17.9 Å². The highest BCUT2D eigenvalue weighted by molar-refractivity contribution is 8.14. The topological polar surface area (TPSA) is 59.4 Å². The smallest absolute Gasteiger partial charge is 0.271 e. The molecule has 5 nitrogen and oxygen atoms in total. The molecule has 2 aliphatic heterocycles. The average Bonchev–Trinajstić information content (AvgIpc) is 2.94. The van der Waals surface area contributed by atoms with Gasteiger partial charge in [-0.05, 0) is 51.3 Å². The van der Waals surface area contributed by atoms with Gasteiger partial charge in [0.2, 0.25) is 0 Å². The number of nitrogens with one attached hydrogen (secondary N) is 1. The maximum atomic E-state index is 13.8. The third-order valence-electron chi connectivity index (χ3n) is 5.09. The number of hydrogen-bond donors (Lipinski definition) is 1. The normalized spacial score (nSPS) is 24.0. The molecule has 1 aromatic heterocycles. The van der Waals surface area contributed by atoms with Crippen molar-refractivity contribution in [1.82, 2.24) is 9.78 Å². The molecule has 1 saturated heterocycles. The number of benzene rings is 1. The van der Waals surface area contributed by atoms with Crippen molar-refractivity contribution in [3.8, 4) is 0 Å². The Morgan fingerprint density at radius 3 is 2.61 bits per heavy atom. The molecule has 0 unspecified atom stereocenters. The van der Waals surface area contributed by atoms with Gasteiger partial charge in [-0.1, -0.05) is 11.8 Å². The van der Waals surface area contributed by atoms with E-state index in [-0.39, 0.29) is 22.8 Å². The zero-order chi connectivity index (χ0) is 20.2. The quantitative estimate of drug-likeness (QED) is 0.735. The summed E-state index contributed by atoms with van der Waals surface area (Å²) in [6.45, 7) is 6.31. The second-order valence-corrected chi connectivity index (χ2v) is 9.03. The predicted octanol–water partition coefficient (Wildman–Crippen LogP) is 4.61.